The normalized spacial score (nSPS) is 11.5. The number of fused-ring (bicyclic) bond motifs is 1. The van der Waals surface area contributed by atoms with Crippen molar-refractivity contribution < 1.29 is 0 Å². The second-order valence-electron chi connectivity index (χ2n) is 4.79. The molecule has 0 amide bonds. The number of hydrogen-bond acceptors (Lipinski definition) is 4. The standard InChI is InChI=1S/C16H11Cl2N5/c1-23-15-5-3-2-4-12(15)20-16(23)14(9-19)22-21-13-8-10(17)6-7-11(13)18/h2-8,21H,1H3. The van der Waals surface area contributed by atoms with E-state index < -0.39 is 0 Å². The predicted molar refractivity (Wildman–Crippen MR) is 92.9 cm³/mol. The summed E-state index contributed by atoms with van der Waals surface area (Å²) in [6.07, 6.45) is 0. The number of halogens is 2. The molecule has 0 aliphatic carbocycles. The Morgan fingerprint density at radius 2 is 2.04 bits per heavy atom. The van der Waals surface area contributed by atoms with Crippen molar-refractivity contribution in [2.24, 2.45) is 12.1 Å². The van der Waals surface area contributed by atoms with Crippen molar-refractivity contribution in [3.8, 4) is 6.07 Å². The molecule has 3 rings (SSSR count). The lowest BCUT2D eigenvalue weighted by Crippen LogP contribution is -2.09. The van der Waals surface area contributed by atoms with Crippen molar-refractivity contribution in [1.29, 1.82) is 5.26 Å². The molecule has 0 fully saturated rings. The van der Waals surface area contributed by atoms with Gasteiger partial charge in [0.05, 0.1) is 21.7 Å². The fourth-order valence-corrected chi connectivity index (χ4v) is 2.51. The van der Waals surface area contributed by atoms with Gasteiger partial charge in [0.1, 0.15) is 6.07 Å². The van der Waals surface area contributed by atoms with Gasteiger partial charge < -0.3 is 4.57 Å². The SMILES string of the molecule is Cn1c(C(C#N)=NNc2cc(Cl)ccc2Cl)nc2ccccc21. The van der Waals surface area contributed by atoms with Gasteiger partial charge in [-0.05, 0) is 30.3 Å². The minimum atomic E-state index is 0.153. The number of nitriles is 1. The molecule has 0 aliphatic rings. The molecule has 23 heavy (non-hydrogen) atoms. The Bertz CT molecular complexity index is 953. The second kappa shape index (κ2) is 6.29. The Morgan fingerprint density at radius 3 is 2.78 bits per heavy atom. The summed E-state index contributed by atoms with van der Waals surface area (Å²) in [5, 5.41) is 14.5. The summed E-state index contributed by atoms with van der Waals surface area (Å²) in [6.45, 7) is 0. The molecule has 0 spiro atoms. The van der Waals surface area contributed by atoms with Gasteiger partial charge in [-0.2, -0.15) is 10.4 Å². The first-order chi connectivity index (χ1) is 11.1. The molecule has 1 aromatic heterocycles. The average Bonchev–Trinajstić information content (AvgIpc) is 2.89. The molecule has 5 nitrogen and oxygen atoms in total. The molecule has 0 saturated heterocycles. The number of para-hydroxylation sites is 2. The van der Waals surface area contributed by atoms with Crippen LogP contribution in [0.15, 0.2) is 47.6 Å². The topological polar surface area (TPSA) is 66.0 Å². The molecule has 0 bridgehead atoms. The molecule has 2 aromatic carbocycles. The molecule has 0 saturated carbocycles. The van der Waals surface area contributed by atoms with Crippen LogP contribution in [0.3, 0.4) is 0 Å². The van der Waals surface area contributed by atoms with Crippen molar-refractivity contribution in [3.63, 3.8) is 0 Å². The minimum absolute atomic E-state index is 0.153. The van der Waals surface area contributed by atoms with E-state index in [0.29, 0.717) is 21.6 Å². The Morgan fingerprint density at radius 1 is 1.26 bits per heavy atom. The first kappa shape index (κ1) is 15.3. The van der Waals surface area contributed by atoms with E-state index in [1.54, 1.807) is 18.2 Å². The van der Waals surface area contributed by atoms with E-state index in [9.17, 15) is 5.26 Å². The zero-order valence-electron chi connectivity index (χ0n) is 12.1. The Hall–Kier alpha value is -2.55. The van der Waals surface area contributed by atoms with E-state index >= 15 is 0 Å². The Labute approximate surface area is 142 Å². The summed E-state index contributed by atoms with van der Waals surface area (Å²) in [4.78, 5) is 4.45. The maximum Gasteiger partial charge on any atom is 0.203 e. The van der Waals surface area contributed by atoms with Crippen LogP contribution in [-0.2, 0) is 7.05 Å². The van der Waals surface area contributed by atoms with E-state index in [4.69, 9.17) is 23.2 Å². The van der Waals surface area contributed by atoms with Crippen molar-refractivity contribution in [2.45, 2.75) is 0 Å². The molecule has 1 N–H and O–H groups in total. The van der Waals surface area contributed by atoms with Gasteiger partial charge >= 0.3 is 0 Å². The lowest BCUT2D eigenvalue weighted by molar-refractivity contribution is 0.930. The number of hydrogen-bond donors (Lipinski definition) is 1. The molecule has 7 heteroatoms. The highest BCUT2D eigenvalue weighted by atomic mass is 35.5. The highest BCUT2D eigenvalue weighted by Crippen LogP contribution is 2.25. The zero-order valence-corrected chi connectivity index (χ0v) is 13.6. The molecular weight excluding hydrogens is 333 g/mol. The quantitative estimate of drug-likeness (QED) is 0.571. The van der Waals surface area contributed by atoms with Crippen LogP contribution in [0, 0.1) is 11.3 Å². The molecule has 0 atom stereocenters. The van der Waals surface area contributed by atoms with E-state index in [2.05, 4.69) is 21.6 Å². The van der Waals surface area contributed by atoms with E-state index in [-0.39, 0.29) is 5.71 Å². The largest absolute Gasteiger partial charge is 0.325 e. The van der Waals surface area contributed by atoms with Gasteiger partial charge in [-0.1, -0.05) is 35.3 Å². The van der Waals surface area contributed by atoms with Crippen molar-refractivity contribution >= 4 is 45.6 Å². The number of anilines is 1. The van der Waals surface area contributed by atoms with Gasteiger partial charge in [0, 0.05) is 12.1 Å². The van der Waals surface area contributed by atoms with E-state index in [1.807, 2.05) is 35.9 Å². The van der Waals surface area contributed by atoms with E-state index in [0.717, 1.165) is 11.0 Å². The van der Waals surface area contributed by atoms with Crippen LogP contribution in [-0.4, -0.2) is 15.3 Å². The third kappa shape index (κ3) is 3.00. The van der Waals surface area contributed by atoms with Gasteiger partial charge in [0.15, 0.2) is 5.82 Å². The van der Waals surface area contributed by atoms with Crippen LogP contribution >= 0.6 is 23.2 Å². The Balaban J connectivity index is 2.00. The first-order valence-electron chi connectivity index (χ1n) is 6.71. The third-order valence-corrected chi connectivity index (χ3v) is 3.89. The van der Waals surface area contributed by atoms with Gasteiger partial charge in [0.2, 0.25) is 5.71 Å². The molecular formula is C16H11Cl2N5. The first-order valence-corrected chi connectivity index (χ1v) is 7.46. The predicted octanol–water partition coefficient (Wildman–Crippen LogP) is 4.22. The number of aromatic nitrogens is 2. The average molecular weight is 344 g/mol. The van der Waals surface area contributed by atoms with Gasteiger partial charge in [-0.15, -0.1) is 0 Å². The number of imidazole rings is 1. The second-order valence-corrected chi connectivity index (χ2v) is 5.63. The molecule has 0 aliphatic heterocycles. The van der Waals surface area contributed by atoms with Crippen LogP contribution in [0.2, 0.25) is 10.0 Å². The molecule has 3 aromatic rings. The van der Waals surface area contributed by atoms with Gasteiger partial charge in [0.25, 0.3) is 0 Å². The number of aryl methyl sites for hydroxylation is 1. The highest BCUT2D eigenvalue weighted by molar-refractivity contribution is 6.35. The molecule has 1 heterocycles. The maximum absolute atomic E-state index is 9.40. The summed E-state index contributed by atoms with van der Waals surface area (Å²) in [5.41, 5.74) is 5.16. The van der Waals surface area contributed by atoms with E-state index in [1.165, 1.54) is 0 Å². The van der Waals surface area contributed by atoms with Crippen LogP contribution < -0.4 is 5.43 Å². The van der Waals surface area contributed by atoms with Crippen LogP contribution in [0.5, 0.6) is 0 Å². The third-order valence-electron chi connectivity index (χ3n) is 3.32. The van der Waals surface area contributed by atoms with Crippen LogP contribution in [0.4, 0.5) is 5.69 Å². The summed E-state index contributed by atoms with van der Waals surface area (Å²) in [6, 6.07) is 14.6. The van der Waals surface area contributed by atoms with Crippen LogP contribution in [0.1, 0.15) is 5.82 Å². The number of nitrogens with zero attached hydrogens (tertiary/aromatic N) is 4. The lowest BCUT2D eigenvalue weighted by atomic mass is 10.3. The van der Waals surface area contributed by atoms with Gasteiger partial charge in [-0.3, -0.25) is 5.43 Å². The van der Waals surface area contributed by atoms with Crippen molar-refractivity contribution in [1.82, 2.24) is 9.55 Å². The van der Waals surface area contributed by atoms with Crippen molar-refractivity contribution in [3.05, 3.63) is 58.3 Å². The summed E-state index contributed by atoms with van der Waals surface area (Å²) in [5.74, 6) is 0.472. The number of rotatable bonds is 3. The molecule has 114 valence electrons. The zero-order chi connectivity index (χ0) is 16.4. The number of hydrazone groups is 1. The lowest BCUT2D eigenvalue weighted by Gasteiger charge is -2.05. The maximum atomic E-state index is 9.40. The number of benzene rings is 2. The molecule has 0 radical (unpaired) electrons. The highest BCUT2D eigenvalue weighted by Gasteiger charge is 2.13. The molecule has 0 unspecified atom stereocenters. The monoisotopic (exact) mass is 343 g/mol. The summed E-state index contributed by atoms with van der Waals surface area (Å²) in [7, 11) is 1.84. The van der Waals surface area contributed by atoms with Crippen LogP contribution in [0.25, 0.3) is 11.0 Å². The smallest absolute Gasteiger partial charge is 0.203 e. The number of nitrogens with one attached hydrogen (secondary N) is 1. The summed E-state index contributed by atoms with van der Waals surface area (Å²) >= 11 is 12.0. The fourth-order valence-electron chi connectivity index (χ4n) is 2.18. The van der Waals surface area contributed by atoms with Crippen molar-refractivity contribution in [2.75, 3.05) is 5.43 Å². The summed E-state index contributed by atoms with van der Waals surface area (Å²) < 4.78 is 1.82. The minimum Gasteiger partial charge on any atom is -0.325 e. The Kier molecular flexibility index (Phi) is 4.20. The fraction of sp³-hybridized carbons (Fsp3) is 0.0625. The van der Waals surface area contributed by atoms with Gasteiger partial charge in [-0.25, -0.2) is 4.98 Å².